The molecule has 0 bridgehead atoms. The molecular formula is C25H20F3N3O2S. The molecule has 0 aliphatic rings. The van der Waals surface area contributed by atoms with Crippen LogP contribution in [0.25, 0.3) is 33.8 Å². The fourth-order valence-corrected chi connectivity index (χ4v) is 4.07. The quantitative estimate of drug-likeness (QED) is 0.368. The van der Waals surface area contributed by atoms with Gasteiger partial charge in [-0.2, -0.15) is 13.2 Å². The number of halogens is 3. The van der Waals surface area contributed by atoms with Crippen LogP contribution in [-0.2, 0) is 16.2 Å². The minimum absolute atomic E-state index is 0.422. The Hall–Kier alpha value is -3.72. The van der Waals surface area contributed by atoms with E-state index in [1.54, 1.807) is 49.4 Å². The standard InChI is InChI=1S/C25H20F3N3O2S/c1-16-13-19(17-9-11-20(12-10-17)25(26,27)28)15-24(29-16)23-8-4-7-22(30-23)18-5-3-6-21(14-18)31-34(2,32)33/h3-15,31H,1-2H3. The Labute approximate surface area is 195 Å². The molecule has 0 aliphatic heterocycles. The van der Waals surface area contributed by atoms with Crippen molar-refractivity contribution >= 4 is 15.7 Å². The topological polar surface area (TPSA) is 72.0 Å². The van der Waals surface area contributed by atoms with Gasteiger partial charge in [-0.3, -0.25) is 9.71 Å². The van der Waals surface area contributed by atoms with Crippen LogP contribution in [-0.4, -0.2) is 24.6 Å². The van der Waals surface area contributed by atoms with Crippen LogP contribution < -0.4 is 4.72 Å². The summed E-state index contributed by atoms with van der Waals surface area (Å²) in [6.07, 6.45) is -3.31. The number of nitrogens with zero attached hydrogens (tertiary/aromatic N) is 2. The molecule has 2 aromatic carbocycles. The van der Waals surface area contributed by atoms with Crippen LogP contribution in [0.4, 0.5) is 18.9 Å². The summed E-state index contributed by atoms with van der Waals surface area (Å²) in [6.45, 7) is 1.81. The van der Waals surface area contributed by atoms with Gasteiger partial charge in [0, 0.05) is 16.9 Å². The third-order valence-electron chi connectivity index (χ3n) is 4.97. The van der Waals surface area contributed by atoms with Gasteiger partial charge in [-0.05, 0) is 66.6 Å². The van der Waals surface area contributed by atoms with Crippen molar-refractivity contribution in [1.82, 2.24) is 9.97 Å². The lowest BCUT2D eigenvalue weighted by atomic mass is 10.0. The van der Waals surface area contributed by atoms with E-state index in [-0.39, 0.29) is 0 Å². The van der Waals surface area contributed by atoms with Gasteiger partial charge in [0.1, 0.15) is 0 Å². The van der Waals surface area contributed by atoms with Crippen LogP contribution in [0.15, 0.2) is 78.9 Å². The fourth-order valence-electron chi connectivity index (χ4n) is 3.51. The fraction of sp³-hybridized carbons (Fsp3) is 0.120. The summed E-state index contributed by atoms with van der Waals surface area (Å²) in [7, 11) is -3.42. The average molecular weight is 484 g/mol. The molecule has 2 heterocycles. The maximum Gasteiger partial charge on any atom is 0.416 e. The van der Waals surface area contributed by atoms with Crippen molar-refractivity contribution in [2.75, 3.05) is 11.0 Å². The third-order valence-corrected chi connectivity index (χ3v) is 5.58. The monoisotopic (exact) mass is 483 g/mol. The minimum Gasteiger partial charge on any atom is -0.284 e. The highest BCUT2D eigenvalue weighted by Crippen LogP contribution is 2.32. The first-order valence-corrected chi connectivity index (χ1v) is 12.1. The van der Waals surface area contributed by atoms with Crippen molar-refractivity contribution in [1.29, 1.82) is 0 Å². The molecule has 0 radical (unpaired) electrons. The molecule has 0 spiro atoms. The van der Waals surface area contributed by atoms with Gasteiger partial charge in [-0.25, -0.2) is 13.4 Å². The van der Waals surface area contributed by atoms with E-state index >= 15 is 0 Å². The molecule has 5 nitrogen and oxygen atoms in total. The number of hydrogen-bond acceptors (Lipinski definition) is 4. The number of benzene rings is 2. The summed E-state index contributed by atoms with van der Waals surface area (Å²) in [5, 5.41) is 0. The van der Waals surface area contributed by atoms with Crippen LogP contribution in [0.3, 0.4) is 0 Å². The van der Waals surface area contributed by atoms with Gasteiger partial charge in [-0.1, -0.05) is 30.3 Å². The predicted octanol–water partition coefficient (Wildman–Crippen LogP) is 6.18. The van der Waals surface area contributed by atoms with E-state index in [1.165, 1.54) is 12.1 Å². The van der Waals surface area contributed by atoms with Gasteiger partial charge in [0.05, 0.1) is 28.9 Å². The number of aromatic nitrogens is 2. The number of aryl methyl sites for hydroxylation is 1. The highest BCUT2D eigenvalue weighted by atomic mass is 32.2. The summed E-state index contributed by atoms with van der Waals surface area (Å²) >= 11 is 0. The molecule has 174 valence electrons. The molecule has 0 fully saturated rings. The van der Waals surface area contributed by atoms with Crippen molar-refractivity contribution in [3.05, 3.63) is 90.1 Å². The first-order valence-electron chi connectivity index (χ1n) is 10.2. The average Bonchev–Trinajstić information content (AvgIpc) is 2.77. The number of sulfonamides is 1. The van der Waals surface area contributed by atoms with E-state index in [0.29, 0.717) is 39.6 Å². The van der Waals surface area contributed by atoms with Crippen molar-refractivity contribution in [2.24, 2.45) is 0 Å². The summed E-state index contributed by atoms with van der Waals surface area (Å²) in [4.78, 5) is 9.24. The van der Waals surface area contributed by atoms with E-state index in [4.69, 9.17) is 0 Å². The Morgan fingerprint density at radius 3 is 2.09 bits per heavy atom. The largest absolute Gasteiger partial charge is 0.416 e. The van der Waals surface area contributed by atoms with Crippen molar-refractivity contribution < 1.29 is 21.6 Å². The van der Waals surface area contributed by atoms with E-state index in [1.807, 2.05) is 12.1 Å². The zero-order valence-corrected chi connectivity index (χ0v) is 19.1. The second-order valence-corrected chi connectivity index (χ2v) is 9.57. The number of anilines is 1. The maximum absolute atomic E-state index is 12.9. The zero-order chi connectivity index (χ0) is 24.5. The molecule has 0 saturated carbocycles. The van der Waals surface area contributed by atoms with Gasteiger partial charge < -0.3 is 0 Å². The first kappa shape index (κ1) is 23.4. The number of nitrogens with one attached hydrogen (secondary N) is 1. The lowest BCUT2D eigenvalue weighted by Gasteiger charge is -2.11. The number of pyridine rings is 2. The minimum atomic E-state index is -4.39. The lowest BCUT2D eigenvalue weighted by Crippen LogP contribution is -2.09. The molecule has 0 unspecified atom stereocenters. The first-order chi connectivity index (χ1) is 16.0. The Balaban J connectivity index is 1.70. The van der Waals surface area contributed by atoms with Crippen molar-refractivity contribution in [3.63, 3.8) is 0 Å². The van der Waals surface area contributed by atoms with Crippen LogP contribution in [0.5, 0.6) is 0 Å². The Kier molecular flexibility index (Phi) is 6.14. The van der Waals surface area contributed by atoms with Gasteiger partial charge in [0.15, 0.2) is 0 Å². The molecule has 4 rings (SSSR count). The maximum atomic E-state index is 12.9. The predicted molar refractivity (Wildman–Crippen MR) is 127 cm³/mol. The normalized spacial score (nSPS) is 11.9. The molecule has 0 amide bonds. The smallest absolute Gasteiger partial charge is 0.284 e. The lowest BCUT2D eigenvalue weighted by molar-refractivity contribution is -0.137. The summed E-state index contributed by atoms with van der Waals surface area (Å²) in [6, 6.07) is 20.9. The molecule has 1 N–H and O–H groups in total. The van der Waals surface area contributed by atoms with Crippen LogP contribution >= 0.6 is 0 Å². The van der Waals surface area contributed by atoms with Crippen LogP contribution in [0, 0.1) is 6.92 Å². The highest BCUT2D eigenvalue weighted by Gasteiger charge is 2.30. The van der Waals surface area contributed by atoms with E-state index in [9.17, 15) is 21.6 Å². The second-order valence-electron chi connectivity index (χ2n) is 7.82. The summed E-state index contributed by atoms with van der Waals surface area (Å²) in [5.41, 5.74) is 4.25. The van der Waals surface area contributed by atoms with Gasteiger partial charge in [-0.15, -0.1) is 0 Å². The second kappa shape index (κ2) is 8.90. The Morgan fingerprint density at radius 1 is 0.735 bits per heavy atom. The van der Waals surface area contributed by atoms with E-state index < -0.39 is 21.8 Å². The molecule has 34 heavy (non-hydrogen) atoms. The summed E-state index contributed by atoms with van der Waals surface area (Å²) in [5.74, 6) is 0. The highest BCUT2D eigenvalue weighted by molar-refractivity contribution is 7.92. The SMILES string of the molecule is Cc1cc(-c2ccc(C(F)(F)F)cc2)cc(-c2cccc(-c3cccc(NS(C)(=O)=O)c3)n2)n1. The van der Waals surface area contributed by atoms with E-state index in [0.717, 1.165) is 24.0 Å². The number of rotatable bonds is 5. The number of hydrogen-bond donors (Lipinski definition) is 1. The molecule has 4 aromatic rings. The van der Waals surface area contributed by atoms with Crippen molar-refractivity contribution in [2.45, 2.75) is 13.1 Å². The van der Waals surface area contributed by atoms with Gasteiger partial charge in [0.25, 0.3) is 0 Å². The molecule has 2 aromatic heterocycles. The summed E-state index contributed by atoms with van der Waals surface area (Å²) < 4.78 is 64.2. The number of alkyl halides is 3. The molecular weight excluding hydrogens is 463 g/mol. The molecule has 0 saturated heterocycles. The van der Waals surface area contributed by atoms with Gasteiger partial charge >= 0.3 is 6.18 Å². The third kappa shape index (κ3) is 5.60. The Bertz CT molecular complexity index is 1450. The molecule has 9 heteroatoms. The zero-order valence-electron chi connectivity index (χ0n) is 18.3. The van der Waals surface area contributed by atoms with Crippen LogP contribution in [0.1, 0.15) is 11.3 Å². The van der Waals surface area contributed by atoms with Gasteiger partial charge in [0.2, 0.25) is 10.0 Å². The molecule has 0 aliphatic carbocycles. The van der Waals surface area contributed by atoms with Crippen molar-refractivity contribution in [3.8, 4) is 33.8 Å². The van der Waals surface area contributed by atoms with E-state index in [2.05, 4.69) is 14.7 Å². The Morgan fingerprint density at radius 2 is 1.41 bits per heavy atom. The van der Waals surface area contributed by atoms with Crippen LogP contribution in [0.2, 0.25) is 0 Å². The molecule has 0 atom stereocenters.